The first-order valence-electron chi connectivity index (χ1n) is 12.7. The summed E-state index contributed by atoms with van der Waals surface area (Å²) in [5.74, 6) is 0.101. The lowest BCUT2D eigenvalue weighted by molar-refractivity contribution is -0.0544. The van der Waals surface area contributed by atoms with Crippen LogP contribution in [0.25, 0.3) is 22.3 Å². The van der Waals surface area contributed by atoms with E-state index in [1.165, 1.54) is 21.8 Å². The molecule has 3 aliphatic heterocycles. The molecule has 3 aliphatic rings. The van der Waals surface area contributed by atoms with Gasteiger partial charge in [-0.2, -0.15) is 0 Å². The number of alkyl halides is 2. The van der Waals surface area contributed by atoms with E-state index in [4.69, 9.17) is 39.0 Å². The Hall–Kier alpha value is -2.52. The number of rotatable bonds is 2. The summed E-state index contributed by atoms with van der Waals surface area (Å²) in [6.07, 6.45) is -8.12. The lowest BCUT2D eigenvalue weighted by Gasteiger charge is -2.28. The van der Waals surface area contributed by atoms with Crippen LogP contribution in [0.15, 0.2) is 25.3 Å². The summed E-state index contributed by atoms with van der Waals surface area (Å²) in [5.41, 5.74) is 12.3. The molecule has 44 heavy (non-hydrogen) atoms. The standard InChI is InChI=1S/C20H22F2N10O8P2S2/c21-9-13-7(37-19(9)31-5-29-11-15(23)25-3-27-17(11)31)1-35-41(33,43)40-14-8(2-36-42(34,44)39-13)38-20(10(14)22)32-6-30-12-16(24)26-4-28-18(12)32/h3-10,13-14,19-20H,1-2H2,(H,33,43)(H,34,44)(H2,23,25,27)(H2,24,26,28)/t7-,8-,9+,10+,13-,14-,19-,20-,41-,42+/m1/s1. The van der Waals surface area contributed by atoms with E-state index in [9.17, 15) is 9.13 Å². The summed E-state index contributed by atoms with van der Waals surface area (Å²) in [6, 6.07) is 0. The number of halogens is 2. The highest BCUT2D eigenvalue weighted by molar-refractivity contribution is 8.44. The van der Waals surface area contributed by atoms with Crippen molar-refractivity contribution in [1.29, 1.82) is 0 Å². The van der Waals surface area contributed by atoms with Crippen molar-refractivity contribution >= 4 is 72.1 Å². The third kappa shape index (κ3) is 5.25. The molecular weight excluding hydrogens is 672 g/mol. The minimum Gasteiger partial charge on any atom is -0.382 e. The highest BCUT2D eigenvalue weighted by Gasteiger charge is 2.54. The van der Waals surface area contributed by atoms with Crippen molar-refractivity contribution < 1.29 is 45.5 Å². The summed E-state index contributed by atoms with van der Waals surface area (Å²) in [5, 5.41) is 0. The van der Waals surface area contributed by atoms with E-state index >= 15 is 8.78 Å². The number of nitrogen functional groups attached to an aromatic ring is 2. The predicted octanol–water partition coefficient (Wildman–Crippen LogP) is 2.19. The Morgan fingerprint density at radius 2 is 1.14 bits per heavy atom. The molecule has 10 atom stereocenters. The summed E-state index contributed by atoms with van der Waals surface area (Å²) < 4.78 is 94.5. The molecule has 24 heteroatoms. The molecule has 3 saturated heterocycles. The minimum atomic E-state index is -4.39. The lowest BCUT2D eigenvalue weighted by Crippen LogP contribution is -2.36. The number of thiol groups is 2. The van der Waals surface area contributed by atoms with Crippen molar-refractivity contribution in [1.82, 2.24) is 39.0 Å². The number of fused-ring (bicyclic) bond motifs is 4. The normalized spacial score (nSPS) is 38.3. The van der Waals surface area contributed by atoms with Gasteiger partial charge in [0.2, 0.25) is 0 Å². The molecule has 0 radical (unpaired) electrons. The summed E-state index contributed by atoms with van der Waals surface area (Å²) in [7, 11) is 0. The van der Waals surface area contributed by atoms with E-state index in [1.54, 1.807) is 0 Å². The molecule has 0 aliphatic carbocycles. The van der Waals surface area contributed by atoms with Crippen molar-refractivity contribution in [2.45, 2.75) is 49.2 Å². The third-order valence-corrected chi connectivity index (χ3v) is 10.4. The van der Waals surface area contributed by atoms with Gasteiger partial charge in [-0.3, -0.25) is 27.2 Å². The van der Waals surface area contributed by atoms with Crippen LogP contribution < -0.4 is 11.5 Å². The maximum Gasteiger partial charge on any atom is 0.386 e. The highest BCUT2D eigenvalue weighted by atomic mass is 32.7. The van der Waals surface area contributed by atoms with Crippen LogP contribution in [0.3, 0.4) is 0 Å². The Labute approximate surface area is 255 Å². The molecule has 236 valence electrons. The second-order valence-electron chi connectivity index (χ2n) is 9.85. The molecule has 3 fully saturated rings. The fourth-order valence-corrected chi connectivity index (χ4v) is 8.14. The van der Waals surface area contributed by atoms with Gasteiger partial charge >= 0.3 is 13.6 Å². The van der Waals surface area contributed by atoms with Crippen LogP contribution in [-0.4, -0.2) is 89.0 Å². The van der Waals surface area contributed by atoms with Crippen molar-refractivity contribution in [3.63, 3.8) is 0 Å². The van der Waals surface area contributed by atoms with Gasteiger partial charge in [0.15, 0.2) is 47.7 Å². The predicted molar refractivity (Wildman–Crippen MR) is 152 cm³/mol. The van der Waals surface area contributed by atoms with Gasteiger partial charge in [-0.05, 0) is 0 Å². The molecule has 0 aromatic carbocycles. The number of anilines is 2. The molecule has 4 aromatic rings. The number of imidazole rings is 2. The van der Waals surface area contributed by atoms with E-state index in [-0.39, 0.29) is 34.0 Å². The van der Waals surface area contributed by atoms with E-state index in [2.05, 4.69) is 54.4 Å². The fraction of sp³-hybridized carbons (Fsp3) is 0.500. The number of aromatic nitrogens is 8. The second kappa shape index (κ2) is 11.1. The summed E-state index contributed by atoms with van der Waals surface area (Å²) >= 11 is 7.99. The largest absolute Gasteiger partial charge is 0.386 e. The average Bonchev–Trinajstić information content (AvgIpc) is 3.73. The number of ether oxygens (including phenoxy) is 2. The minimum absolute atomic E-state index is 0.0504. The number of hydrogen-bond donors (Lipinski definition) is 4. The Morgan fingerprint density at radius 3 is 1.55 bits per heavy atom. The Kier molecular flexibility index (Phi) is 7.59. The van der Waals surface area contributed by atoms with E-state index in [0.29, 0.717) is 0 Å². The first-order valence-corrected chi connectivity index (χ1v) is 18.1. The van der Waals surface area contributed by atoms with E-state index in [0.717, 1.165) is 12.7 Å². The second-order valence-corrected chi connectivity index (χ2v) is 15.6. The topological polar surface area (TPSA) is 229 Å². The molecule has 0 bridgehead atoms. The molecule has 4 N–H and O–H groups in total. The van der Waals surface area contributed by atoms with Crippen LogP contribution in [0.4, 0.5) is 20.4 Å². The number of nitrogens with two attached hydrogens (primary N) is 2. The highest BCUT2D eigenvalue weighted by Crippen LogP contribution is 2.60. The molecule has 4 aromatic heterocycles. The molecule has 0 spiro atoms. The van der Waals surface area contributed by atoms with E-state index < -0.39 is 76.0 Å². The van der Waals surface area contributed by atoms with Crippen LogP contribution >= 0.6 is 38.1 Å². The van der Waals surface area contributed by atoms with Crippen molar-refractivity contribution in [3.8, 4) is 0 Å². The Bertz CT molecular complexity index is 1710. The average molecular weight is 695 g/mol. The van der Waals surface area contributed by atoms with Crippen LogP contribution in [0, 0.1) is 0 Å². The zero-order valence-corrected chi connectivity index (χ0v) is 25.5. The van der Waals surface area contributed by atoms with Gasteiger partial charge in [0.1, 0.15) is 48.1 Å². The lowest BCUT2D eigenvalue weighted by atomic mass is 10.1. The van der Waals surface area contributed by atoms with Crippen LogP contribution in [-0.2, 0) is 36.7 Å². The Morgan fingerprint density at radius 1 is 0.727 bits per heavy atom. The number of hydrogen-bond acceptors (Lipinski definition) is 16. The smallest absolute Gasteiger partial charge is 0.382 e. The van der Waals surface area contributed by atoms with Gasteiger partial charge in [-0.1, -0.05) is 24.5 Å². The molecule has 0 amide bonds. The first-order chi connectivity index (χ1) is 20.9. The van der Waals surface area contributed by atoms with Crippen molar-refractivity contribution in [2.24, 2.45) is 0 Å². The van der Waals surface area contributed by atoms with Gasteiger partial charge in [0.25, 0.3) is 0 Å². The van der Waals surface area contributed by atoms with Gasteiger partial charge in [0, 0.05) is 0 Å². The maximum absolute atomic E-state index is 16.0. The molecule has 7 rings (SSSR count). The van der Waals surface area contributed by atoms with Gasteiger partial charge in [0.05, 0.1) is 25.9 Å². The van der Waals surface area contributed by atoms with Crippen LogP contribution in [0.5, 0.6) is 0 Å². The van der Waals surface area contributed by atoms with Gasteiger partial charge in [-0.15, -0.1) is 0 Å². The van der Waals surface area contributed by atoms with Gasteiger partial charge < -0.3 is 20.9 Å². The maximum atomic E-state index is 16.0. The quantitative estimate of drug-likeness (QED) is 0.174. The summed E-state index contributed by atoms with van der Waals surface area (Å²) in [4.78, 5) is 24.0. The fourth-order valence-electron chi connectivity index (χ4n) is 5.17. The zero-order valence-electron chi connectivity index (χ0n) is 21.9. The monoisotopic (exact) mass is 694 g/mol. The SMILES string of the molecule is Nc1ncnc2c1ncn2[C@@H]1O[C@@H]2CO[P@@](=O)(S)O[C@H]3[C@H](F)[C@H](n4cnc5c(N)ncnc54)O[C@@H]3CO[P@](=O)(S)O[C@H]2[C@@H]1F. The van der Waals surface area contributed by atoms with Crippen molar-refractivity contribution in [2.75, 3.05) is 24.7 Å². The molecular formula is C20H22F2N10O8P2S2. The van der Waals surface area contributed by atoms with Crippen LogP contribution in [0.2, 0.25) is 0 Å². The van der Waals surface area contributed by atoms with Crippen molar-refractivity contribution in [3.05, 3.63) is 25.3 Å². The summed E-state index contributed by atoms with van der Waals surface area (Å²) in [6.45, 7) is -10.1. The zero-order chi connectivity index (χ0) is 31.0. The molecule has 18 nitrogen and oxygen atoms in total. The molecule has 7 heterocycles. The number of nitrogens with zero attached hydrogens (tertiary/aromatic N) is 8. The molecule has 0 saturated carbocycles. The first kappa shape index (κ1) is 30.2. The van der Waals surface area contributed by atoms with Gasteiger partial charge in [-0.25, -0.2) is 47.8 Å². The van der Waals surface area contributed by atoms with E-state index in [1.807, 2.05) is 0 Å². The third-order valence-electron chi connectivity index (χ3n) is 7.17. The molecule has 0 unspecified atom stereocenters. The van der Waals surface area contributed by atoms with Crippen LogP contribution in [0.1, 0.15) is 12.5 Å². The Balaban J connectivity index is 1.17.